The Balaban J connectivity index is 1.28. The number of amides is 1. The third-order valence-corrected chi connectivity index (χ3v) is 8.69. The van der Waals surface area contributed by atoms with Crippen LogP contribution in [0.25, 0.3) is 0 Å². The summed E-state index contributed by atoms with van der Waals surface area (Å²) in [5.74, 6) is -0.658. The molecule has 4 rings (SSSR count). The van der Waals surface area contributed by atoms with E-state index in [4.69, 9.17) is 27.7 Å². The number of carbonyl (C=O) groups is 1. The van der Waals surface area contributed by atoms with Crippen LogP contribution in [-0.4, -0.2) is 54.5 Å². The maximum atomic E-state index is 12.6. The SMILES string of the molecule is O=C(Cc1nc(CS(=O)(=O)c2cccc(Cl)c2Cl)no1)NC1CCC(N2CCCC2)CC1. The summed E-state index contributed by atoms with van der Waals surface area (Å²) in [7, 11) is -3.82. The molecule has 32 heavy (non-hydrogen) atoms. The molecule has 0 atom stereocenters. The summed E-state index contributed by atoms with van der Waals surface area (Å²) in [5, 5.41) is 6.85. The summed E-state index contributed by atoms with van der Waals surface area (Å²) in [6.45, 7) is 2.39. The Bertz CT molecular complexity index is 1060. The quantitative estimate of drug-likeness (QED) is 0.620. The van der Waals surface area contributed by atoms with E-state index >= 15 is 0 Å². The molecule has 1 saturated heterocycles. The minimum Gasteiger partial charge on any atom is -0.353 e. The van der Waals surface area contributed by atoms with Crippen LogP contribution in [0.3, 0.4) is 0 Å². The van der Waals surface area contributed by atoms with Crippen molar-refractivity contribution in [3.63, 3.8) is 0 Å². The molecule has 2 aromatic rings. The molecule has 0 radical (unpaired) electrons. The van der Waals surface area contributed by atoms with Crippen molar-refractivity contribution in [2.75, 3.05) is 13.1 Å². The van der Waals surface area contributed by atoms with Gasteiger partial charge in [0, 0.05) is 12.1 Å². The number of rotatable bonds is 7. The van der Waals surface area contributed by atoms with Crippen LogP contribution in [-0.2, 0) is 26.8 Å². The van der Waals surface area contributed by atoms with Crippen LogP contribution in [0, 0.1) is 0 Å². The van der Waals surface area contributed by atoms with Crippen molar-refractivity contribution in [1.29, 1.82) is 0 Å². The number of sulfone groups is 1. The number of hydrogen-bond acceptors (Lipinski definition) is 7. The minimum atomic E-state index is -3.82. The maximum absolute atomic E-state index is 12.6. The number of nitrogens with one attached hydrogen (secondary N) is 1. The second-order valence-electron chi connectivity index (χ2n) is 8.41. The lowest BCUT2D eigenvalue weighted by Crippen LogP contribution is -2.43. The Kier molecular flexibility index (Phi) is 7.39. The number of aromatic nitrogens is 2. The largest absolute Gasteiger partial charge is 0.353 e. The van der Waals surface area contributed by atoms with Crippen molar-refractivity contribution >= 4 is 38.9 Å². The minimum absolute atomic E-state index is 0.0324. The lowest BCUT2D eigenvalue weighted by Gasteiger charge is -2.34. The number of benzene rings is 1. The molecule has 1 aromatic heterocycles. The number of likely N-dealkylation sites (tertiary alicyclic amines) is 1. The zero-order valence-corrected chi connectivity index (χ0v) is 19.9. The fraction of sp³-hybridized carbons (Fsp3) is 0.571. The third-order valence-electron chi connectivity index (χ3n) is 6.11. The van der Waals surface area contributed by atoms with Gasteiger partial charge in [-0.3, -0.25) is 4.79 Å². The van der Waals surface area contributed by atoms with E-state index in [1.807, 2.05) is 0 Å². The highest BCUT2D eigenvalue weighted by Gasteiger charge is 2.28. The first-order valence-electron chi connectivity index (χ1n) is 10.8. The molecule has 11 heteroatoms. The predicted molar refractivity (Wildman–Crippen MR) is 120 cm³/mol. The summed E-state index contributed by atoms with van der Waals surface area (Å²) in [6, 6.07) is 5.17. The monoisotopic (exact) mass is 500 g/mol. The van der Waals surface area contributed by atoms with E-state index in [0.717, 1.165) is 25.7 Å². The Morgan fingerprint density at radius 3 is 2.59 bits per heavy atom. The first kappa shape index (κ1) is 23.5. The standard InChI is InChI=1S/C21H26Cl2N4O4S/c22-16-4-3-5-17(21(16)23)32(29,30)13-18-25-20(31-26-18)12-19(28)24-14-6-8-15(9-7-14)27-10-1-2-11-27/h3-5,14-15H,1-2,6-13H2,(H,24,28). The first-order chi connectivity index (χ1) is 15.3. The van der Waals surface area contributed by atoms with Gasteiger partial charge >= 0.3 is 0 Å². The van der Waals surface area contributed by atoms with Gasteiger partial charge in [-0.1, -0.05) is 34.4 Å². The molecule has 1 aliphatic carbocycles. The van der Waals surface area contributed by atoms with Crippen molar-refractivity contribution in [3.05, 3.63) is 40.0 Å². The molecule has 2 aliphatic rings. The molecule has 1 aliphatic heterocycles. The Morgan fingerprint density at radius 1 is 1.16 bits per heavy atom. The summed E-state index contributed by atoms with van der Waals surface area (Å²) in [5.41, 5.74) is 0. The van der Waals surface area contributed by atoms with E-state index in [2.05, 4.69) is 20.4 Å². The highest BCUT2D eigenvalue weighted by Crippen LogP contribution is 2.30. The summed E-state index contributed by atoms with van der Waals surface area (Å²) < 4.78 is 30.4. The normalized spacial score (nSPS) is 22.2. The molecular weight excluding hydrogens is 475 g/mol. The van der Waals surface area contributed by atoms with E-state index in [0.29, 0.717) is 6.04 Å². The van der Waals surface area contributed by atoms with E-state index in [1.165, 1.54) is 44.1 Å². The van der Waals surface area contributed by atoms with Crippen LogP contribution in [0.2, 0.25) is 10.0 Å². The molecule has 0 unspecified atom stereocenters. The molecule has 1 aromatic carbocycles. The molecular formula is C21H26Cl2N4O4S. The van der Waals surface area contributed by atoms with Gasteiger partial charge in [0.1, 0.15) is 12.2 Å². The van der Waals surface area contributed by atoms with Crippen molar-refractivity contribution < 1.29 is 17.7 Å². The molecule has 1 N–H and O–H groups in total. The third kappa shape index (κ3) is 5.62. The highest BCUT2D eigenvalue weighted by molar-refractivity contribution is 7.90. The maximum Gasteiger partial charge on any atom is 0.236 e. The fourth-order valence-corrected chi connectivity index (χ4v) is 6.49. The van der Waals surface area contributed by atoms with Gasteiger partial charge in [0.05, 0.1) is 14.9 Å². The molecule has 1 saturated carbocycles. The van der Waals surface area contributed by atoms with Gasteiger partial charge in [-0.2, -0.15) is 4.98 Å². The van der Waals surface area contributed by atoms with Crippen LogP contribution < -0.4 is 5.32 Å². The van der Waals surface area contributed by atoms with E-state index in [-0.39, 0.29) is 45.0 Å². The van der Waals surface area contributed by atoms with Crippen LogP contribution in [0.1, 0.15) is 50.2 Å². The molecule has 174 valence electrons. The fourth-order valence-electron chi connectivity index (χ4n) is 4.50. The average Bonchev–Trinajstić information content (AvgIpc) is 3.42. The van der Waals surface area contributed by atoms with Gasteiger partial charge < -0.3 is 14.7 Å². The predicted octanol–water partition coefficient (Wildman–Crippen LogP) is 3.42. The molecule has 0 bridgehead atoms. The lowest BCUT2D eigenvalue weighted by molar-refractivity contribution is -0.121. The highest BCUT2D eigenvalue weighted by atomic mass is 35.5. The zero-order valence-electron chi connectivity index (χ0n) is 17.6. The molecule has 2 fully saturated rings. The summed E-state index contributed by atoms with van der Waals surface area (Å²) >= 11 is 11.9. The van der Waals surface area contributed by atoms with Gasteiger partial charge in [0.2, 0.25) is 11.8 Å². The van der Waals surface area contributed by atoms with Gasteiger partial charge in [-0.05, 0) is 63.7 Å². The summed E-state index contributed by atoms with van der Waals surface area (Å²) in [6.07, 6.45) is 6.60. The first-order valence-corrected chi connectivity index (χ1v) is 13.2. The second-order valence-corrected chi connectivity index (χ2v) is 11.2. The number of hydrogen-bond donors (Lipinski definition) is 1. The zero-order chi connectivity index (χ0) is 22.7. The number of halogens is 2. The van der Waals surface area contributed by atoms with Crippen molar-refractivity contribution in [2.24, 2.45) is 0 Å². The second kappa shape index (κ2) is 10.1. The average molecular weight is 501 g/mol. The van der Waals surface area contributed by atoms with E-state index in [1.54, 1.807) is 0 Å². The summed E-state index contributed by atoms with van der Waals surface area (Å²) in [4.78, 5) is 19.0. The Hall–Kier alpha value is -1.68. The van der Waals surface area contributed by atoms with Crippen LogP contribution >= 0.6 is 23.2 Å². The van der Waals surface area contributed by atoms with E-state index in [9.17, 15) is 13.2 Å². The molecule has 2 heterocycles. The topological polar surface area (TPSA) is 105 Å². The van der Waals surface area contributed by atoms with E-state index < -0.39 is 15.6 Å². The van der Waals surface area contributed by atoms with Gasteiger partial charge in [0.25, 0.3) is 0 Å². The van der Waals surface area contributed by atoms with Gasteiger partial charge in [-0.25, -0.2) is 8.42 Å². The van der Waals surface area contributed by atoms with Crippen molar-refractivity contribution in [2.45, 2.75) is 67.7 Å². The van der Waals surface area contributed by atoms with Gasteiger partial charge in [0.15, 0.2) is 15.7 Å². The molecule has 0 spiro atoms. The van der Waals surface area contributed by atoms with Crippen molar-refractivity contribution in [1.82, 2.24) is 20.4 Å². The molecule has 1 amide bonds. The Labute approximate surface area is 197 Å². The Morgan fingerprint density at radius 2 is 1.88 bits per heavy atom. The molecule has 8 nitrogen and oxygen atoms in total. The van der Waals surface area contributed by atoms with Crippen LogP contribution in [0.4, 0.5) is 0 Å². The van der Waals surface area contributed by atoms with Crippen LogP contribution in [0.15, 0.2) is 27.6 Å². The smallest absolute Gasteiger partial charge is 0.236 e. The van der Waals surface area contributed by atoms with Crippen LogP contribution in [0.5, 0.6) is 0 Å². The van der Waals surface area contributed by atoms with Gasteiger partial charge in [-0.15, -0.1) is 0 Å². The lowest BCUT2D eigenvalue weighted by atomic mass is 9.90. The van der Waals surface area contributed by atoms with Crippen molar-refractivity contribution in [3.8, 4) is 0 Å². The number of nitrogens with zero attached hydrogens (tertiary/aromatic N) is 3. The number of carbonyl (C=O) groups excluding carboxylic acids is 1.